The van der Waals surface area contributed by atoms with Gasteiger partial charge in [-0.2, -0.15) is 0 Å². The van der Waals surface area contributed by atoms with Crippen molar-refractivity contribution in [2.75, 3.05) is 19.0 Å². The monoisotopic (exact) mass is 389 g/mol. The number of aryl methyl sites for hydroxylation is 2. The maximum absolute atomic E-state index is 12.5. The summed E-state index contributed by atoms with van der Waals surface area (Å²) in [4.78, 5) is 26.1. The predicted molar refractivity (Wildman–Crippen MR) is 103 cm³/mol. The summed E-state index contributed by atoms with van der Waals surface area (Å²) in [5.41, 5.74) is 2.23. The zero-order valence-corrected chi connectivity index (χ0v) is 16.5. The lowest BCUT2D eigenvalue weighted by atomic mass is 10.1. The Hall–Kier alpha value is -2.41. The van der Waals surface area contributed by atoms with E-state index < -0.39 is 12.0 Å². The number of carbonyl (C=O) groups is 2. The SMILES string of the molecule is CC(=O)N1[C@H](C(=O)OCCOc2cc(C)cc(C)c2)CS[C@H]1c1ccco1. The molecule has 2 aromatic rings. The second kappa shape index (κ2) is 8.52. The smallest absolute Gasteiger partial charge is 0.329 e. The minimum atomic E-state index is -0.621. The van der Waals surface area contributed by atoms with E-state index >= 15 is 0 Å². The lowest BCUT2D eigenvalue weighted by molar-refractivity contribution is -0.154. The normalized spacial score (nSPS) is 19.1. The minimum Gasteiger partial charge on any atom is -0.490 e. The van der Waals surface area contributed by atoms with Gasteiger partial charge in [-0.25, -0.2) is 4.79 Å². The van der Waals surface area contributed by atoms with Crippen molar-refractivity contribution in [3.8, 4) is 5.75 Å². The fourth-order valence-electron chi connectivity index (χ4n) is 3.14. The third-order valence-corrected chi connectivity index (χ3v) is 5.50. The zero-order chi connectivity index (χ0) is 19.4. The van der Waals surface area contributed by atoms with Gasteiger partial charge in [-0.1, -0.05) is 6.07 Å². The summed E-state index contributed by atoms with van der Waals surface area (Å²) in [6, 6.07) is 8.89. The second-order valence-corrected chi connectivity index (χ2v) is 7.60. The van der Waals surface area contributed by atoms with Crippen molar-refractivity contribution in [1.29, 1.82) is 0 Å². The average molecular weight is 389 g/mol. The number of rotatable bonds is 6. The van der Waals surface area contributed by atoms with Crippen LogP contribution in [-0.4, -0.2) is 41.8 Å². The summed E-state index contributed by atoms with van der Waals surface area (Å²) in [7, 11) is 0. The number of thioether (sulfide) groups is 1. The number of amides is 1. The number of nitrogens with zero attached hydrogens (tertiary/aromatic N) is 1. The Labute approximate surface area is 162 Å². The lowest BCUT2D eigenvalue weighted by Crippen LogP contribution is -2.43. The molecule has 3 rings (SSSR count). The molecule has 1 amide bonds. The first-order valence-corrected chi connectivity index (χ1v) is 9.82. The molecule has 2 atom stereocenters. The van der Waals surface area contributed by atoms with Crippen molar-refractivity contribution in [3.63, 3.8) is 0 Å². The van der Waals surface area contributed by atoms with Gasteiger partial charge < -0.3 is 18.8 Å². The molecular formula is C20H23NO5S. The molecular weight excluding hydrogens is 366 g/mol. The van der Waals surface area contributed by atoms with Gasteiger partial charge in [-0.05, 0) is 49.2 Å². The van der Waals surface area contributed by atoms with Gasteiger partial charge in [0.05, 0.1) is 6.26 Å². The van der Waals surface area contributed by atoms with Crippen LogP contribution in [0, 0.1) is 13.8 Å². The van der Waals surface area contributed by atoms with Crippen LogP contribution < -0.4 is 4.74 Å². The van der Waals surface area contributed by atoms with E-state index in [9.17, 15) is 9.59 Å². The Morgan fingerprint density at radius 3 is 2.59 bits per heavy atom. The van der Waals surface area contributed by atoms with Crippen molar-refractivity contribution >= 4 is 23.6 Å². The first-order valence-electron chi connectivity index (χ1n) is 8.77. The van der Waals surface area contributed by atoms with E-state index in [-0.39, 0.29) is 24.5 Å². The predicted octanol–water partition coefficient (Wildman–Crippen LogP) is 3.48. The topological polar surface area (TPSA) is 69.0 Å². The molecule has 27 heavy (non-hydrogen) atoms. The highest BCUT2D eigenvalue weighted by atomic mass is 32.2. The minimum absolute atomic E-state index is 0.129. The molecule has 0 saturated carbocycles. The van der Waals surface area contributed by atoms with Crippen molar-refractivity contribution in [3.05, 3.63) is 53.5 Å². The Morgan fingerprint density at radius 2 is 1.96 bits per heavy atom. The van der Waals surface area contributed by atoms with E-state index in [0.29, 0.717) is 11.5 Å². The van der Waals surface area contributed by atoms with Crippen LogP contribution in [-0.2, 0) is 14.3 Å². The molecule has 1 aliphatic rings. The van der Waals surface area contributed by atoms with E-state index in [1.54, 1.807) is 18.4 Å². The second-order valence-electron chi connectivity index (χ2n) is 6.48. The number of furan rings is 1. The van der Waals surface area contributed by atoms with Crippen molar-refractivity contribution in [2.45, 2.75) is 32.2 Å². The van der Waals surface area contributed by atoms with Gasteiger partial charge in [0, 0.05) is 12.7 Å². The summed E-state index contributed by atoms with van der Waals surface area (Å²) < 4.78 is 16.4. The summed E-state index contributed by atoms with van der Waals surface area (Å²) >= 11 is 1.49. The molecule has 1 fully saturated rings. The highest BCUT2D eigenvalue weighted by molar-refractivity contribution is 7.99. The fourth-order valence-corrected chi connectivity index (χ4v) is 4.55. The maximum Gasteiger partial charge on any atom is 0.329 e. The molecule has 0 unspecified atom stereocenters. The van der Waals surface area contributed by atoms with E-state index in [4.69, 9.17) is 13.9 Å². The van der Waals surface area contributed by atoms with E-state index in [2.05, 4.69) is 6.07 Å². The van der Waals surface area contributed by atoms with Gasteiger partial charge in [0.1, 0.15) is 36.1 Å². The van der Waals surface area contributed by atoms with Gasteiger partial charge in [0.15, 0.2) is 0 Å². The van der Waals surface area contributed by atoms with Gasteiger partial charge in [-0.3, -0.25) is 4.79 Å². The molecule has 6 nitrogen and oxygen atoms in total. The van der Waals surface area contributed by atoms with Gasteiger partial charge >= 0.3 is 5.97 Å². The molecule has 0 radical (unpaired) electrons. The standard InChI is InChI=1S/C20H23NO5S/c1-13-9-14(2)11-16(10-13)24-7-8-26-20(23)17-12-27-19(21(17)15(3)22)18-5-4-6-25-18/h4-6,9-11,17,19H,7-8,12H2,1-3H3/t17-,19-/m0/s1. The van der Waals surface area contributed by atoms with E-state index in [1.165, 1.54) is 23.6 Å². The van der Waals surface area contributed by atoms with Crippen molar-refractivity contribution < 1.29 is 23.5 Å². The third kappa shape index (κ3) is 4.66. The first-order chi connectivity index (χ1) is 13.0. The number of benzene rings is 1. The molecule has 7 heteroatoms. The highest BCUT2D eigenvalue weighted by Crippen LogP contribution is 2.41. The molecule has 1 aromatic carbocycles. The summed E-state index contributed by atoms with van der Waals surface area (Å²) in [6.45, 7) is 5.85. The molecule has 144 valence electrons. The van der Waals surface area contributed by atoms with Crippen molar-refractivity contribution in [2.24, 2.45) is 0 Å². The van der Waals surface area contributed by atoms with Crippen LogP contribution in [0.3, 0.4) is 0 Å². The molecule has 0 spiro atoms. The van der Waals surface area contributed by atoms with Gasteiger partial charge in [0.25, 0.3) is 0 Å². The zero-order valence-electron chi connectivity index (χ0n) is 15.6. The first kappa shape index (κ1) is 19.4. The Kier molecular flexibility index (Phi) is 6.11. The number of hydrogen-bond donors (Lipinski definition) is 0. The molecule has 0 N–H and O–H groups in total. The Balaban J connectivity index is 1.53. The maximum atomic E-state index is 12.5. The van der Waals surface area contributed by atoms with Crippen LogP contribution in [0.1, 0.15) is 29.2 Å². The molecule has 1 aliphatic heterocycles. The number of esters is 1. The van der Waals surface area contributed by atoms with Crippen LogP contribution in [0.2, 0.25) is 0 Å². The largest absolute Gasteiger partial charge is 0.490 e. The van der Waals surface area contributed by atoms with Gasteiger partial charge in [0.2, 0.25) is 5.91 Å². The van der Waals surface area contributed by atoms with Crippen molar-refractivity contribution in [1.82, 2.24) is 4.90 Å². The van der Waals surface area contributed by atoms with Crippen LogP contribution in [0.15, 0.2) is 41.0 Å². The summed E-state index contributed by atoms with van der Waals surface area (Å²) in [5.74, 6) is 1.28. The quantitative estimate of drug-likeness (QED) is 0.557. The molecule has 2 heterocycles. The van der Waals surface area contributed by atoms with Crippen LogP contribution in [0.4, 0.5) is 0 Å². The van der Waals surface area contributed by atoms with Crippen LogP contribution >= 0.6 is 11.8 Å². The summed E-state index contributed by atoms with van der Waals surface area (Å²) in [5, 5.41) is -0.304. The van der Waals surface area contributed by atoms with Crippen LogP contribution in [0.5, 0.6) is 5.75 Å². The number of ether oxygens (including phenoxy) is 2. The fraction of sp³-hybridized carbons (Fsp3) is 0.400. The lowest BCUT2D eigenvalue weighted by Gasteiger charge is -2.25. The average Bonchev–Trinajstić information content (AvgIpc) is 3.26. The molecule has 0 aliphatic carbocycles. The Bertz CT molecular complexity index is 784. The van der Waals surface area contributed by atoms with Gasteiger partial charge in [-0.15, -0.1) is 11.8 Å². The van der Waals surface area contributed by atoms with Crippen LogP contribution in [0.25, 0.3) is 0 Å². The van der Waals surface area contributed by atoms with E-state index in [1.807, 2.05) is 26.0 Å². The number of carbonyl (C=O) groups excluding carboxylic acids is 2. The van der Waals surface area contributed by atoms with E-state index in [0.717, 1.165) is 16.9 Å². The molecule has 1 saturated heterocycles. The highest BCUT2D eigenvalue weighted by Gasteiger charge is 2.43. The third-order valence-electron chi connectivity index (χ3n) is 4.21. The molecule has 0 bridgehead atoms. The summed E-state index contributed by atoms with van der Waals surface area (Å²) in [6.07, 6.45) is 1.56. The molecule has 1 aromatic heterocycles. The Morgan fingerprint density at radius 1 is 1.22 bits per heavy atom. The number of hydrogen-bond acceptors (Lipinski definition) is 6.